The van der Waals surface area contributed by atoms with Crippen molar-refractivity contribution in [3.05, 3.63) is 60.2 Å². The Labute approximate surface area is 169 Å². The zero-order valence-corrected chi connectivity index (χ0v) is 17.8. The van der Waals surface area contributed by atoms with E-state index >= 15 is 0 Å². The van der Waals surface area contributed by atoms with Gasteiger partial charge in [0.1, 0.15) is 0 Å². The van der Waals surface area contributed by atoms with Crippen LogP contribution in [0.25, 0.3) is 0 Å². The van der Waals surface area contributed by atoms with E-state index in [1.54, 1.807) is 12.4 Å². The summed E-state index contributed by atoms with van der Waals surface area (Å²) in [7, 11) is 1.25. The Morgan fingerprint density at radius 1 is 0.840 bits per heavy atom. The van der Waals surface area contributed by atoms with Gasteiger partial charge in [0.15, 0.2) is 0 Å². The number of rotatable bonds is 4. The molecule has 7 heteroatoms. The predicted molar refractivity (Wildman–Crippen MR) is 108 cm³/mol. The zero-order valence-electron chi connectivity index (χ0n) is 13.6. The van der Waals surface area contributed by atoms with Gasteiger partial charge in [-0.15, -0.1) is 0 Å². The molecule has 2 aromatic heterocycles. The van der Waals surface area contributed by atoms with E-state index in [0.29, 0.717) is 0 Å². The molecule has 4 nitrogen and oxygen atoms in total. The maximum absolute atomic E-state index is 4.73. The Morgan fingerprint density at radius 2 is 1.28 bits per heavy atom. The number of aromatic nitrogens is 2. The van der Waals surface area contributed by atoms with Crippen molar-refractivity contribution in [2.45, 2.75) is 37.8 Å². The van der Waals surface area contributed by atoms with Crippen LogP contribution in [-0.4, -0.2) is 34.5 Å². The van der Waals surface area contributed by atoms with Gasteiger partial charge in [-0.2, -0.15) is 0 Å². The standard InChI is InChI=1S/C18H20N4.2BrH.Ni/c1-2-10-18(22-14-16-8-4-6-12-20-16)17(9-1)21-13-15-7-3-5-11-19-15;;;/h3-8,11-14,17-18H,1-2,9-10H2;2*1H;/q;;;+2/p-2. The second-order valence-corrected chi connectivity index (χ2v) is 10.5. The molecule has 1 aliphatic rings. The summed E-state index contributed by atoms with van der Waals surface area (Å²) in [4.78, 5) is 18.0. The number of halogens is 2. The molecular weight excluding hydrogens is 491 g/mol. The predicted octanol–water partition coefficient (Wildman–Crippen LogP) is 5.01. The molecule has 1 aliphatic carbocycles. The number of hydrogen-bond donors (Lipinski definition) is 0. The van der Waals surface area contributed by atoms with Crippen LogP contribution in [0.4, 0.5) is 0 Å². The van der Waals surface area contributed by atoms with Crippen molar-refractivity contribution in [2.24, 2.45) is 9.98 Å². The minimum absolute atomic E-state index is 0.246. The van der Waals surface area contributed by atoms with E-state index in [1.807, 2.05) is 48.8 Å². The molecule has 25 heavy (non-hydrogen) atoms. The van der Waals surface area contributed by atoms with Crippen LogP contribution < -0.4 is 0 Å². The first-order chi connectivity index (χ1) is 12.3. The molecule has 2 atom stereocenters. The second-order valence-electron chi connectivity index (χ2n) is 5.53. The Bertz CT molecular complexity index is 595. The fourth-order valence-corrected chi connectivity index (χ4v) is 2.69. The first-order valence-electron chi connectivity index (χ1n) is 8.04. The fraction of sp³-hybridized carbons (Fsp3) is 0.333. The molecule has 136 valence electrons. The van der Waals surface area contributed by atoms with Gasteiger partial charge >= 0.3 is 39.3 Å². The van der Waals surface area contributed by atoms with Crippen LogP contribution in [0.15, 0.2) is 58.8 Å². The molecular formula is C18H20Br2N4Ni. The van der Waals surface area contributed by atoms with Crippen molar-refractivity contribution in [1.29, 1.82) is 0 Å². The molecule has 0 aliphatic heterocycles. The summed E-state index contributed by atoms with van der Waals surface area (Å²) in [5, 5.41) is 0. The topological polar surface area (TPSA) is 50.5 Å². The second kappa shape index (κ2) is 12.4. The Balaban J connectivity index is 0.000000701. The molecule has 0 radical (unpaired) electrons. The molecule has 0 saturated heterocycles. The summed E-state index contributed by atoms with van der Waals surface area (Å²) in [5.74, 6) is 0. The van der Waals surface area contributed by atoms with Crippen LogP contribution >= 0.6 is 28.5 Å². The van der Waals surface area contributed by atoms with E-state index in [9.17, 15) is 0 Å². The van der Waals surface area contributed by atoms with E-state index in [4.69, 9.17) is 9.98 Å². The van der Waals surface area contributed by atoms with Gasteiger partial charge in [-0.25, -0.2) is 0 Å². The van der Waals surface area contributed by atoms with Crippen molar-refractivity contribution in [3.63, 3.8) is 0 Å². The van der Waals surface area contributed by atoms with Crippen LogP contribution in [0.5, 0.6) is 0 Å². The van der Waals surface area contributed by atoms with E-state index in [1.165, 1.54) is 23.7 Å². The van der Waals surface area contributed by atoms with Crippen molar-refractivity contribution >= 4 is 40.9 Å². The molecule has 2 aromatic rings. The summed E-state index contributed by atoms with van der Waals surface area (Å²) in [6, 6.07) is 12.2. The zero-order chi connectivity index (χ0) is 17.7. The Hall–Kier alpha value is -0.906. The molecule has 0 aromatic carbocycles. The van der Waals surface area contributed by atoms with Crippen LogP contribution in [0.1, 0.15) is 37.1 Å². The number of hydrogen-bond acceptors (Lipinski definition) is 4. The van der Waals surface area contributed by atoms with Gasteiger partial charge in [0.25, 0.3) is 0 Å². The first-order valence-corrected chi connectivity index (χ1v) is 12.9. The van der Waals surface area contributed by atoms with E-state index in [2.05, 4.69) is 38.4 Å². The average Bonchev–Trinajstić information content (AvgIpc) is 2.68. The van der Waals surface area contributed by atoms with Gasteiger partial charge in [0.2, 0.25) is 0 Å². The number of nitrogens with zero attached hydrogens (tertiary/aromatic N) is 4. The third-order valence-electron chi connectivity index (χ3n) is 3.87. The van der Waals surface area contributed by atoms with E-state index in [-0.39, 0.29) is 12.1 Å². The van der Waals surface area contributed by atoms with Gasteiger partial charge in [0.05, 0.1) is 23.5 Å². The third-order valence-corrected chi connectivity index (χ3v) is 3.87. The molecule has 1 fully saturated rings. The van der Waals surface area contributed by atoms with E-state index in [0.717, 1.165) is 24.2 Å². The fourth-order valence-electron chi connectivity index (χ4n) is 2.69. The molecule has 0 N–H and O–H groups in total. The quantitative estimate of drug-likeness (QED) is 0.429. The third kappa shape index (κ3) is 7.89. The SMILES string of the molecule is C(=NC1CCCCC1N=Cc1ccccn1)c1ccccn1.[Br][Ni][Br]. The summed E-state index contributed by atoms with van der Waals surface area (Å²) < 4.78 is 0. The number of pyridine rings is 2. The van der Waals surface area contributed by atoms with Gasteiger partial charge in [0, 0.05) is 24.8 Å². The minimum atomic E-state index is 0.246. The summed E-state index contributed by atoms with van der Waals surface area (Å²) in [6.45, 7) is 0. The van der Waals surface area contributed by atoms with Crippen molar-refractivity contribution < 1.29 is 10.9 Å². The van der Waals surface area contributed by atoms with Crippen molar-refractivity contribution in [2.75, 3.05) is 0 Å². The molecule has 2 unspecified atom stereocenters. The van der Waals surface area contributed by atoms with Gasteiger partial charge < -0.3 is 0 Å². The van der Waals surface area contributed by atoms with Crippen LogP contribution in [-0.2, 0) is 10.9 Å². The molecule has 1 saturated carbocycles. The molecule has 0 amide bonds. The van der Waals surface area contributed by atoms with Crippen LogP contribution in [0, 0.1) is 0 Å². The maximum atomic E-state index is 4.73. The molecule has 2 heterocycles. The first kappa shape index (κ1) is 20.4. The summed E-state index contributed by atoms with van der Waals surface area (Å²) in [6.07, 6.45) is 12.0. The van der Waals surface area contributed by atoms with Crippen LogP contribution in [0.3, 0.4) is 0 Å². The van der Waals surface area contributed by atoms with Crippen LogP contribution in [0.2, 0.25) is 0 Å². The van der Waals surface area contributed by atoms with Crippen molar-refractivity contribution in [3.8, 4) is 0 Å². The molecule has 0 spiro atoms. The number of aliphatic imine (C=N–C) groups is 2. The Kier molecular flexibility index (Phi) is 10.2. The average molecular weight is 511 g/mol. The molecule has 3 rings (SSSR count). The van der Waals surface area contributed by atoms with Gasteiger partial charge in [-0.3, -0.25) is 20.0 Å². The van der Waals surface area contributed by atoms with Gasteiger partial charge in [-0.1, -0.05) is 25.0 Å². The normalized spacial score (nSPS) is 20.6. The summed E-state index contributed by atoms with van der Waals surface area (Å²) in [5.41, 5.74) is 1.81. The summed E-state index contributed by atoms with van der Waals surface area (Å²) >= 11 is 6.00. The van der Waals surface area contributed by atoms with Crippen molar-refractivity contribution in [1.82, 2.24) is 9.97 Å². The monoisotopic (exact) mass is 508 g/mol. The van der Waals surface area contributed by atoms with Gasteiger partial charge in [-0.05, 0) is 37.1 Å². The molecule has 0 bridgehead atoms. The Morgan fingerprint density at radius 3 is 1.64 bits per heavy atom. The van der Waals surface area contributed by atoms with E-state index < -0.39 is 0 Å².